The number of hydrogen-bond acceptors (Lipinski definition) is 3. The molecule has 1 aromatic heterocycles. The number of nitrogens with one attached hydrogen (secondary N) is 1. The van der Waals surface area contributed by atoms with Gasteiger partial charge in [0.1, 0.15) is 0 Å². The van der Waals surface area contributed by atoms with E-state index in [-0.39, 0.29) is 17.1 Å². The highest BCUT2D eigenvalue weighted by molar-refractivity contribution is 6.10. The molecule has 2 saturated heterocycles. The van der Waals surface area contributed by atoms with Crippen LogP contribution in [0.5, 0.6) is 0 Å². The summed E-state index contributed by atoms with van der Waals surface area (Å²) in [6.45, 7) is 5.79. The highest BCUT2D eigenvalue weighted by Crippen LogP contribution is 2.39. The van der Waals surface area contributed by atoms with E-state index in [9.17, 15) is 9.59 Å². The molecule has 130 valence electrons. The van der Waals surface area contributed by atoms with Gasteiger partial charge in [0.2, 0.25) is 0 Å². The number of H-pyrrole nitrogens is 1. The Morgan fingerprint density at radius 1 is 1.12 bits per heavy atom. The molecule has 0 saturated carbocycles. The fraction of sp³-hybridized carbons (Fsp3) is 0.684. The summed E-state index contributed by atoms with van der Waals surface area (Å²) in [5.74, 6) is 0.199. The van der Waals surface area contributed by atoms with Crippen LogP contribution in [-0.4, -0.2) is 59.7 Å². The zero-order valence-corrected chi connectivity index (χ0v) is 14.8. The van der Waals surface area contributed by atoms with Crippen molar-refractivity contribution in [3.63, 3.8) is 0 Å². The number of ketones is 1. The summed E-state index contributed by atoms with van der Waals surface area (Å²) in [5.41, 5.74) is 3.43. The van der Waals surface area contributed by atoms with Crippen LogP contribution >= 0.6 is 0 Å². The third-order valence-corrected chi connectivity index (χ3v) is 6.17. The number of aromatic amines is 1. The zero-order valence-electron chi connectivity index (χ0n) is 14.8. The van der Waals surface area contributed by atoms with E-state index in [2.05, 4.69) is 16.9 Å². The number of rotatable bonds is 1. The van der Waals surface area contributed by atoms with E-state index in [1.807, 2.05) is 11.8 Å². The number of piperidine rings is 1. The average Bonchev–Trinajstić information content (AvgIpc) is 3.07. The third-order valence-electron chi connectivity index (χ3n) is 6.17. The van der Waals surface area contributed by atoms with Crippen molar-refractivity contribution in [1.29, 1.82) is 0 Å². The van der Waals surface area contributed by atoms with Crippen molar-refractivity contribution in [2.45, 2.75) is 45.4 Å². The molecule has 0 bridgehead atoms. The quantitative estimate of drug-likeness (QED) is 0.861. The summed E-state index contributed by atoms with van der Waals surface area (Å²) < 4.78 is 0. The van der Waals surface area contributed by atoms with E-state index >= 15 is 0 Å². The monoisotopic (exact) mass is 329 g/mol. The van der Waals surface area contributed by atoms with Crippen molar-refractivity contribution in [2.75, 3.05) is 33.2 Å². The van der Waals surface area contributed by atoms with Gasteiger partial charge in [0.15, 0.2) is 5.78 Å². The van der Waals surface area contributed by atoms with E-state index < -0.39 is 0 Å². The van der Waals surface area contributed by atoms with Crippen LogP contribution < -0.4 is 0 Å². The second-order valence-corrected chi connectivity index (χ2v) is 8.07. The molecular weight excluding hydrogens is 302 g/mol. The van der Waals surface area contributed by atoms with Crippen molar-refractivity contribution < 1.29 is 9.59 Å². The van der Waals surface area contributed by atoms with Crippen molar-refractivity contribution in [3.05, 3.63) is 22.5 Å². The van der Waals surface area contributed by atoms with Gasteiger partial charge in [0, 0.05) is 42.9 Å². The summed E-state index contributed by atoms with van der Waals surface area (Å²) in [6, 6.07) is 0. The predicted molar refractivity (Wildman–Crippen MR) is 92.5 cm³/mol. The average molecular weight is 329 g/mol. The molecular formula is C19H27N3O2. The zero-order chi connectivity index (χ0) is 16.9. The van der Waals surface area contributed by atoms with Crippen molar-refractivity contribution in [3.8, 4) is 0 Å². The first-order valence-corrected chi connectivity index (χ1v) is 9.22. The minimum atomic E-state index is 0.0638. The number of fused-ring (bicyclic) bond motifs is 1. The van der Waals surface area contributed by atoms with Gasteiger partial charge in [-0.15, -0.1) is 0 Å². The molecule has 2 aliphatic heterocycles. The number of Topliss-reactive ketones (excluding diaryl/α,β-unsaturated/α-hetero) is 1. The highest BCUT2D eigenvalue weighted by atomic mass is 16.2. The standard InChI is InChI=1S/C19H27N3O2/c1-13-16(17-14(20-13)5-3-6-15(17)23)18(24)22-9-4-7-19(12-22)8-10-21(2)11-19/h20H,3-12H2,1-2H3/t19-/m1/s1. The van der Waals surface area contributed by atoms with Crippen LogP contribution in [0, 0.1) is 12.3 Å². The van der Waals surface area contributed by atoms with Crippen molar-refractivity contribution in [1.82, 2.24) is 14.8 Å². The molecule has 5 heteroatoms. The molecule has 1 aromatic rings. The smallest absolute Gasteiger partial charge is 0.256 e. The number of aryl methyl sites for hydroxylation is 2. The van der Waals surface area contributed by atoms with Crippen molar-refractivity contribution in [2.24, 2.45) is 5.41 Å². The number of aromatic nitrogens is 1. The van der Waals surface area contributed by atoms with Gasteiger partial charge in [-0.25, -0.2) is 0 Å². The minimum Gasteiger partial charge on any atom is -0.361 e. The lowest BCUT2D eigenvalue weighted by molar-refractivity contribution is 0.0531. The first-order valence-electron chi connectivity index (χ1n) is 9.22. The second kappa shape index (κ2) is 5.73. The van der Waals surface area contributed by atoms with Crippen LogP contribution in [0.3, 0.4) is 0 Å². The highest BCUT2D eigenvalue weighted by Gasteiger charge is 2.42. The molecule has 3 heterocycles. The number of nitrogens with zero attached hydrogens (tertiary/aromatic N) is 2. The predicted octanol–water partition coefficient (Wildman–Crippen LogP) is 2.40. The largest absolute Gasteiger partial charge is 0.361 e. The summed E-state index contributed by atoms with van der Waals surface area (Å²) in [7, 11) is 2.17. The Morgan fingerprint density at radius 3 is 2.71 bits per heavy atom. The van der Waals surface area contributed by atoms with Crippen LogP contribution in [0.25, 0.3) is 0 Å². The number of amides is 1. The molecule has 0 aromatic carbocycles. The summed E-state index contributed by atoms with van der Waals surface area (Å²) >= 11 is 0. The Hall–Kier alpha value is -1.62. The van der Waals surface area contributed by atoms with Gasteiger partial charge < -0.3 is 14.8 Å². The van der Waals surface area contributed by atoms with Gasteiger partial charge in [-0.2, -0.15) is 0 Å². The van der Waals surface area contributed by atoms with E-state index in [4.69, 9.17) is 0 Å². The molecule has 0 unspecified atom stereocenters. The van der Waals surface area contributed by atoms with Gasteiger partial charge in [-0.3, -0.25) is 9.59 Å². The first kappa shape index (κ1) is 15.9. The number of carbonyl (C=O) groups excluding carboxylic acids is 2. The maximum Gasteiger partial charge on any atom is 0.256 e. The SMILES string of the molecule is Cc1[nH]c2c(c1C(=O)N1CCC[C@]3(CCN(C)C3)C1)C(=O)CCC2. The number of likely N-dealkylation sites (tertiary alicyclic amines) is 2. The van der Waals surface area contributed by atoms with Crippen LogP contribution in [0.15, 0.2) is 0 Å². The van der Waals surface area contributed by atoms with Crippen LogP contribution in [0.1, 0.15) is 64.2 Å². The molecule has 1 amide bonds. The normalized spacial score (nSPS) is 27.8. The lowest BCUT2D eigenvalue weighted by atomic mass is 9.79. The summed E-state index contributed by atoms with van der Waals surface area (Å²) in [6.07, 6.45) is 5.79. The molecule has 4 rings (SSSR count). The Balaban J connectivity index is 1.62. The van der Waals surface area contributed by atoms with Crippen LogP contribution in [-0.2, 0) is 6.42 Å². The van der Waals surface area contributed by atoms with Crippen molar-refractivity contribution >= 4 is 11.7 Å². The van der Waals surface area contributed by atoms with Gasteiger partial charge >= 0.3 is 0 Å². The van der Waals surface area contributed by atoms with E-state index in [1.54, 1.807) is 0 Å². The molecule has 1 atom stereocenters. The lowest BCUT2D eigenvalue weighted by Crippen LogP contribution is -2.47. The minimum absolute atomic E-state index is 0.0638. The first-order chi connectivity index (χ1) is 11.5. The third kappa shape index (κ3) is 2.50. The number of carbonyl (C=O) groups is 2. The second-order valence-electron chi connectivity index (χ2n) is 8.07. The van der Waals surface area contributed by atoms with E-state index in [0.717, 1.165) is 56.8 Å². The molecule has 1 spiro atoms. The fourth-order valence-electron chi connectivity index (χ4n) is 5.03. The Bertz CT molecular complexity index is 689. The molecule has 5 nitrogen and oxygen atoms in total. The Labute approximate surface area is 143 Å². The molecule has 0 radical (unpaired) electrons. The molecule has 24 heavy (non-hydrogen) atoms. The Morgan fingerprint density at radius 2 is 1.96 bits per heavy atom. The molecule has 1 aliphatic carbocycles. The van der Waals surface area contributed by atoms with Gasteiger partial charge in [-0.1, -0.05) is 0 Å². The van der Waals surface area contributed by atoms with Gasteiger partial charge in [-0.05, 0) is 52.6 Å². The Kier molecular flexibility index (Phi) is 3.79. The summed E-state index contributed by atoms with van der Waals surface area (Å²) in [5, 5.41) is 0. The van der Waals surface area contributed by atoms with Gasteiger partial charge in [0.05, 0.1) is 11.1 Å². The summed E-state index contributed by atoms with van der Waals surface area (Å²) in [4.78, 5) is 33.4. The van der Waals surface area contributed by atoms with Gasteiger partial charge in [0.25, 0.3) is 5.91 Å². The fourth-order valence-corrected chi connectivity index (χ4v) is 5.03. The van der Waals surface area contributed by atoms with E-state index in [1.165, 1.54) is 12.8 Å². The number of hydrogen-bond donors (Lipinski definition) is 1. The molecule has 1 N–H and O–H groups in total. The maximum atomic E-state index is 13.3. The van der Waals surface area contributed by atoms with Crippen LogP contribution in [0.2, 0.25) is 0 Å². The van der Waals surface area contributed by atoms with E-state index in [0.29, 0.717) is 17.5 Å². The maximum absolute atomic E-state index is 13.3. The lowest BCUT2D eigenvalue weighted by Gasteiger charge is -2.40. The topological polar surface area (TPSA) is 56.4 Å². The molecule has 2 fully saturated rings. The molecule has 3 aliphatic rings. The van der Waals surface area contributed by atoms with Crippen LogP contribution in [0.4, 0.5) is 0 Å².